The van der Waals surface area contributed by atoms with Gasteiger partial charge in [0.15, 0.2) is 0 Å². The van der Waals surface area contributed by atoms with Crippen molar-refractivity contribution in [2.45, 2.75) is 130 Å². The van der Waals surface area contributed by atoms with Crippen molar-refractivity contribution in [1.29, 1.82) is 0 Å². The molecule has 1 unspecified atom stereocenters. The largest absolute Gasteiger partial charge is 0.462 e. The second-order valence-electron chi connectivity index (χ2n) is 6.97. The van der Waals surface area contributed by atoms with E-state index in [1.807, 2.05) is 0 Å². The average Bonchev–Trinajstić information content (AvgIpc) is 2.54. The maximum Gasteiger partial charge on any atom is 0.306 e. The fraction of sp³-hybridized carbons (Fsp3) is 0.952. The van der Waals surface area contributed by atoms with E-state index in [4.69, 9.17) is 4.74 Å². The van der Waals surface area contributed by atoms with E-state index in [9.17, 15) is 4.79 Å². The van der Waals surface area contributed by atoms with E-state index in [2.05, 4.69) is 20.8 Å². The summed E-state index contributed by atoms with van der Waals surface area (Å²) < 4.78 is 5.69. The van der Waals surface area contributed by atoms with Crippen LogP contribution in [-0.2, 0) is 9.53 Å². The highest BCUT2D eigenvalue weighted by Crippen LogP contribution is 2.16. The maximum atomic E-state index is 11.9. The van der Waals surface area contributed by atoms with Crippen LogP contribution >= 0.6 is 0 Å². The molecule has 0 aliphatic carbocycles. The molecule has 2 heteroatoms. The van der Waals surface area contributed by atoms with Gasteiger partial charge in [0.2, 0.25) is 0 Å². The van der Waals surface area contributed by atoms with Crippen LogP contribution in [0.15, 0.2) is 0 Å². The highest BCUT2D eigenvalue weighted by atomic mass is 16.5. The fourth-order valence-electron chi connectivity index (χ4n) is 3.03. The monoisotopic (exact) mass is 326 g/mol. The molecule has 0 heterocycles. The second kappa shape index (κ2) is 17.8. The van der Waals surface area contributed by atoms with Gasteiger partial charge in [-0.2, -0.15) is 0 Å². The molecule has 0 saturated carbocycles. The Morgan fingerprint density at radius 1 is 0.652 bits per heavy atom. The molecule has 138 valence electrons. The first-order valence-electron chi connectivity index (χ1n) is 10.4. The number of unbranched alkanes of at least 4 members (excludes halogenated alkanes) is 10. The summed E-state index contributed by atoms with van der Waals surface area (Å²) in [4.78, 5) is 11.9. The van der Waals surface area contributed by atoms with Gasteiger partial charge in [-0.3, -0.25) is 4.79 Å². The zero-order valence-electron chi connectivity index (χ0n) is 16.2. The molecule has 0 aromatic heterocycles. The first kappa shape index (κ1) is 22.5. The van der Waals surface area contributed by atoms with Crippen LogP contribution in [0, 0.1) is 0 Å². The van der Waals surface area contributed by atoms with Gasteiger partial charge >= 0.3 is 5.97 Å². The van der Waals surface area contributed by atoms with Crippen LogP contribution < -0.4 is 0 Å². The zero-order chi connectivity index (χ0) is 17.2. The summed E-state index contributed by atoms with van der Waals surface area (Å²) in [6, 6.07) is 0. The maximum absolute atomic E-state index is 11.9. The Morgan fingerprint density at radius 2 is 1.17 bits per heavy atom. The smallest absolute Gasteiger partial charge is 0.306 e. The normalized spacial score (nSPS) is 12.3. The van der Waals surface area contributed by atoms with Crippen molar-refractivity contribution in [1.82, 2.24) is 0 Å². The molecule has 23 heavy (non-hydrogen) atoms. The molecule has 0 radical (unpaired) electrons. The summed E-state index contributed by atoms with van der Waals surface area (Å²) in [5.41, 5.74) is 0. The van der Waals surface area contributed by atoms with Crippen molar-refractivity contribution in [2.75, 3.05) is 0 Å². The summed E-state index contributed by atoms with van der Waals surface area (Å²) in [6.45, 7) is 6.63. The summed E-state index contributed by atoms with van der Waals surface area (Å²) in [5.74, 6) is 0.0270. The number of hydrogen-bond acceptors (Lipinski definition) is 2. The van der Waals surface area contributed by atoms with Gasteiger partial charge in [-0.1, -0.05) is 91.4 Å². The van der Waals surface area contributed by atoms with Gasteiger partial charge < -0.3 is 4.74 Å². The van der Waals surface area contributed by atoms with Crippen LogP contribution in [0.1, 0.15) is 124 Å². The molecule has 0 amide bonds. The molecular weight excluding hydrogens is 284 g/mol. The molecule has 0 bridgehead atoms. The van der Waals surface area contributed by atoms with E-state index in [-0.39, 0.29) is 12.1 Å². The summed E-state index contributed by atoms with van der Waals surface area (Å²) in [6.07, 6.45) is 19.2. The Bertz CT molecular complexity index is 250. The van der Waals surface area contributed by atoms with Crippen LogP contribution in [0.4, 0.5) is 0 Å². The minimum atomic E-state index is 0.0270. The number of carbonyl (C=O) groups excluding carboxylic acids is 1. The standard InChI is InChI=1S/C21H42O2/c1-4-7-9-11-12-13-14-15-18-20(17-6-3)23-21(22)19-16-10-8-5-2/h20H,4-19H2,1-3H3. The number of carbonyl (C=O) groups is 1. The average molecular weight is 327 g/mol. The number of hydrogen-bond donors (Lipinski definition) is 0. The molecular formula is C21H42O2. The van der Waals surface area contributed by atoms with Crippen molar-refractivity contribution >= 4 is 5.97 Å². The van der Waals surface area contributed by atoms with E-state index >= 15 is 0 Å². The van der Waals surface area contributed by atoms with Gasteiger partial charge in [0, 0.05) is 6.42 Å². The summed E-state index contributed by atoms with van der Waals surface area (Å²) in [7, 11) is 0. The van der Waals surface area contributed by atoms with E-state index in [0.717, 1.165) is 32.1 Å². The first-order valence-corrected chi connectivity index (χ1v) is 10.4. The molecule has 2 nitrogen and oxygen atoms in total. The molecule has 0 spiro atoms. The van der Waals surface area contributed by atoms with E-state index in [1.165, 1.54) is 64.2 Å². The van der Waals surface area contributed by atoms with Crippen molar-refractivity contribution in [3.05, 3.63) is 0 Å². The molecule has 0 aliphatic heterocycles. The molecule has 0 aromatic rings. The Labute approximate surface area is 145 Å². The van der Waals surface area contributed by atoms with Crippen molar-refractivity contribution in [3.63, 3.8) is 0 Å². The lowest BCUT2D eigenvalue weighted by atomic mass is 10.0. The van der Waals surface area contributed by atoms with E-state index < -0.39 is 0 Å². The minimum absolute atomic E-state index is 0.0270. The third-order valence-electron chi connectivity index (χ3n) is 4.52. The van der Waals surface area contributed by atoms with Gasteiger partial charge in [0.1, 0.15) is 6.10 Å². The number of esters is 1. The second-order valence-corrected chi connectivity index (χ2v) is 6.97. The van der Waals surface area contributed by atoms with Crippen LogP contribution in [0.2, 0.25) is 0 Å². The van der Waals surface area contributed by atoms with E-state index in [0.29, 0.717) is 6.42 Å². The van der Waals surface area contributed by atoms with Crippen molar-refractivity contribution in [3.8, 4) is 0 Å². The van der Waals surface area contributed by atoms with Gasteiger partial charge in [-0.15, -0.1) is 0 Å². The lowest BCUT2D eigenvalue weighted by Gasteiger charge is -2.17. The topological polar surface area (TPSA) is 26.3 Å². The van der Waals surface area contributed by atoms with Crippen LogP contribution in [0.3, 0.4) is 0 Å². The Hall–Kier alpha value is -0.530. The minimum Gasteiger partial charge on any atom is -0.462 e. The molecule has 1 atom stereocenters. The predicted octanol–water partition coefficient (Wildman–Crippen LogP) is 7.20. The lowest BCUT2D eigenvalue weighted by Crippen LogP contribution is -2.18. The van der Waals surface area contributed by atoms with Crippen molar-refractivity contribution in [2.24, 2.45) is 0 Å². The van der Waals surface area contributed by atoms with E-state index in [1.54, 1.807) is 0 Å². The van der Waals surface area contributed by atoms with Gasteiger partial charge in [0.05, 0.1) is 0 Å². The highest BCUT2D eigenvalue weighted by Gasteiger charge is 2.13. The highest BCUT2D eigenvalue weighted by molar-refractivity contribution is 5.69. The SMILES string of the molecule is CCCCCCCCCCC(CCC)OC(=O)CCCCCC. The lowest BCUT2D eigenvalue weighted by molar-refractivity contribution is -0.150. The van der Waals surface area contributed by atoms with Gasteiger partial charge in [-0.25, -0.2) is 0 Å². The molecule has 0 rings (SSSR count). The van der Waals surface area contributed by atoms with Gasteiger partial charge in [0.25, 0.3) is 0 Å². The predicted molar refractivity (Wildman–Crippen MR) is 101 cm³/mol. The summed E-state index contributed by atoms with van der Waals surface area (Å²) >= 11 is 0. The molecule has 0 aromatic carbocycles. The number of ether oxygens (including phenoxy) is 1. The molecule has 0 aliphatic rings. The fourth-order valence-corrected chi connectivity index (χ4v) is 3.03. The quantitative estimate of drug-likeness (QED) is 0.209. The molecule has 0 N–H and O–H groups in total. The van der Waals surface area contributed by atoms with Crippen LogP contribution in [-0.4, -0.2) is 12.1 Å². The van der Waals surface area contributed by atoms with Crippen LogP contribution in [0.5, 0.6) is 0 Å². The number of rotatable bonds is 17. The third-order valence-corrected chi connectivity index (χ3v) is 4.52. The zero-order valence-corrected chi connectivity index (χ0v) is 16.2. The Morgan fingerprint density at radius 3 is 1.74 bits per heavy atom. The van der Waals surface area contributed by atoms with Crippen molar-refractivity contribution < 1.29 is 9.53 Å². The Kier molecular flexibility index (Phi) is 17.4. The molecule has 0 fully saturated rings. The van der Waals surface area contributed by atoms with Crippen LogP contribution in [0.25, 0.3) is 0 Å². The Balaban J connectivity index is 3.66. The molecule has 0 saturated heterocycles. The van der Waals surface area contributed by atoms with Gasteiger partial charge in [-0.05, 0) is 25.7 Å². The first-order chi connectivity index (χ1) is 11.2. The summed E-state index contributed by atoms with van der Waals surface area (Å²) in [5, 5.41) is 0. The third kappa shape index (κ3) is 16.1.